The van der Waals surface area contributed by atoms with Crippen LogP contribution in [0.5, 0.6) is 0 Å². The predicted molar refractivity (Wildman–Crippen MR) is 81.2 cm³/mol. The predicted octanol–water partition coefficient (Wildman–Crippen LogP) is 1.30. The number of carbonyl (C=O) groups is 3. The largest absolute Gasteiger partial charge is 0.339 e. The first-order chi connectivity index (χ1) is 10.3. The number of nitrogens with one attached hydrogen (secondary N) is 2. The van der Waals surface area contributed by atoms with Gasteiger partial charge in [0.1, 0.15) is 11.7 Å². The zero-order chi connectivity index (χ0) is 16.3. The van der Waals surface area contributed by atoms with Crippen LogP contribution in [0.4, 0.5) is 0 Å². The second kappa shape index (κ2) is 6.25. The van der Waals surface area contributed by atoms with Crippen molar-refractivity contribution in [3.8, 4) is 0 Å². The molecule has 3 amide bonds. The van der Waals surface area contributed by atoms with Crippen molar-refractivity contribution in [1.82, 2.24) is 15.6 Å². The molecule has 0 aromatic carbocycles. The zero-order valence-corrected chi connectivity index (χ0v) is 13.1. The molecule has 6 heteroatoms. The fourth-order valence-electron chi connectivity index (χ4n) is 2.20. The Morgan fingerprint density at radius 1 is 1.41 bits per heavy atom. The molecule has 2 N–H and O–H groups in total. The number of rotatable bonds is 4. The van der Waals surface area contributed by atoms with Gasteiger partial charge in [0.2, 0.25) is 11.8 Å². The number of nitrogens with zero attached hydrogens (tertiary/aromatic N) is 1. The molecule has 1 aromatic heterocycles. The van der Waals surface area contributed by atoms with Crippen LogP contribution in [0.25, 0.3) is 0 Å². The first-order valence-electron chi connectivity index (χ1n) is 7.44. The number of pyridine rings is 1. The molecule has 1 aromatic rings. The second-order valence-electron chi connectivity index (χ2n) is 6.15. The van der Waals surface area contributed by atoms with E-state index in [9.17, 15) is 14.4 Å². The van der Waals surface area contributed by atoms with E-state index in [1.807, 2.05) is 6.07 Å². The molecule has 1 aliphatic heterocycles. The van der Waals surface area contributed by atoms with Gasteiger partial charge in [0.25, 0.3) is 5.91 Å². The Kier molecular flexibility index (Phi) is 4.59. The molecule has 118 valence electrons. The molecular weight excluding hydrogens is 282 g/mol. The molecule has 1 fully saturated rings. The molecule has 0 bridgehead atoms. The highest BCUT2D eigenvalue weighted by Gasteiger charge is 2.28. The van der Waals surface area contributed by atoms with Gasteiger partial charge in [-0.15, -0.1) is 0 Å². The fraction of sp³-hybridized carbons (Fsp3) is 0.500. The number of carbonyl (C=O) groups excluding carboxylic acids is 3. The lowest BCUT2D eigenvalue weighted by atomic mass is 9.83. The Morgan fingerprint density at radius 2 is 2.14 bits per heavy atom. The van der Waals surface area contributed by atoms with E-state index in [4.69, 9.17) is 0 Å². The van der Waals surface area contributed by atoms with E-state index in [0.717, 1.165) is 12.0 Å². The van der Waals surface area contributed by atoms with Gasteiger partial charge in [-0.3, -0.25) is 24.7 Å². The lowest BCUT2D eigenvalue weighted by Crippen LogP contribution is -2.52. The molecule has 1 unspecified atom stereocenters. The summed E-state index contributed by atoms with van der Waals surface area (Å²) in [7, 11) is 0. The third kappa shape index (κ3) is 3.50. The lowest BCUT2D eigenvalue weighted by molar-refractivity contribution is -0.134. The molecule has 2 rings (SSSR count). The van der Waals surface area contributed by atoms with E-state index in [1.165, 1.54) is 0 Å². The Bertz CT molecular complexity index is 593. The average molecular weight is 303 g/mol. The molecule has 1 aliphatic rings. The first kappa shape index (κ1) is 16.1. The van der Waals surface area contributed by atoms with E-state index < -0.39 is 17.9 Å². The van der Waals surface area contributed by atoms with Crippen LogP contribution >= 0.6 is 0 Å². The molecule has 2 heterocycles. The van der Waals surface area contributed by atoms with E-state index in [2.05, 4.69) is 36.4 Å². The van der Waals surface area contributed by atoms with Gasteiger partial charge in [0.15, 0.2) is 0 Å². The zero-order valence-electron chi connectivity index (χ0n) is 13.1. The van der Waals surface area contributed by atoms with Crippen molar-refractivity contribution < 1.29 is 14.4 Å². The maximum Gasteiger partial charge on any atom is 0.270 e. The SMILES string of the molecule is CCC(C)(C)c1ccc(C(=O)NC2CCC(=O)NC2=O)nc1. The molecule has 1 atom stereocenters. The highest BCUT2D eigenvalue weighted by Crippen LogP contribution is 2.25. The summed E-state index contributed by atoms with van der Waals surface area (Å²) in [6.45, 7) is 6.34. The summed E-state index contributed by atoms with van der Waals surface area (Å²) in [6, 6.07) is 2.86. The minimum Gasteiger partial charge on any atom is -0.339 e. The van der Waals surface area contributed by atoms with Crippen molar-refractivity contribution in [3.05, 3.63) is 29.6 Å². The Balaban J connectivity index is 2.04. The number of aromatic nitrogens is 1. The van der Waals surface area contributed by atoms with Crippen LogP contribution in [-0.4, -0.2) is 28.7 Å². The van der Waals surface area contributed by atoms with Crippen molar-refractivity contribution in [1.29, 1.82) is 0 Å². The highest BCUT2D eigenvalue weighted by molar-refractivity contribution is 6.03. The molecule has 0 spiro atoms. The third-order valence-electron chi connectivity index (χ3n) is 4.21. The number of hydrogen-bond donors (Lipinski definition) is 2. The van der Waals surface area contributed by atoms with Gasteiger partial charge in [-0.05, 0) is 29.9 Å². The van der Waals surface area contributed by atoms with E-state index >= 15 is 0 Å². The molecule has 1 saturated heterocycles. The number of hydrogen-bond acceptors (Lipinski definition) is 4. The number of amides is 3. The van der Waals surface area contributed by atoms with Crippen molar-refractivity contribution in [2.24, 2.45) is 0 Å². The van der Waals surface area contributed by atoms with Gasteiger partial charge < -0.3 is 5.32 Å². The van der Waals surface area contributed by atoms with Crippen molar-refractivity contribution in [2.45, 2.75) is 51.5 Å². The van der Waals surface area contributed by atoms with Crippen LogP contribution in [-0.2, 0) is 15.0 Å². The van der Waals surface area contributed by atoms with Crippen molar-refractivity contribution in [3.63, 3.8) is 0 Å². The fourth-order valence-corrected chi connectivity index (χ4v) is 2.20. The molecule has 6 nitrogen and oxygen atoms in total. The van der Waals surface area contributed by atoms with Gasteiger partial charge in [-0.2, -0.15) is 0 Å². The third-order valence-corrected chi connectivity index (χ3v) is 4.21. The summed E-state index contributed by atoms with van der Waals surface area (Å²) in [6.07, 6.45) is 3.21. The molecule has 22 heavy (non-hydrogen) atoms. The number of piperidine rings is 1. The van der Waals surface area contributed by atoms with Crippen LogP contribution in [0.2, 0.25) is 0 Å². The van der Waals surface area contributed by atoms with E-state index in [0.29, 0.717) is 6.42 Å². The Labute approximate surface area is 129 Å². The molecular formula is C16H21N3O3. The summed E-state index contributed by atoms with van der Waals surface area (Å²) >= 11 is 0. The van der Waals surface area contributed by atoms with Crippen molar-refractivity contribution in [2.75, 3.05) is 0 Å². The average Bonchev–Trinajstić information content (AvgIpc) is 2.50. The normalized spacial score (nSPS) is 18.8. The minimum absolute atomic E-state index is 0.00558. The maximum atomic E-state index is 12.1. The summed E-state index contributed by atoms with van der Waals surface area (Å²) in [4.78, 5) is 39.0. The summed E-state index contributed by atoms with van der Waals surface area (Å²) < 4.78 is 0. The number of imide groups is 1. The lowest BCUT2D eigenvalue weighted by Gasteiger charge is -2.23. The van der Waals surface area contributed by atoms with Crippen molar-refractivity contribution >= 4 is 17.7 Å². The van der Waals surface area contributed by atoms with Crippen LogP contribution < -0.4 is 10.6 Å². The van der Waals surface area contributed by atoms with Gasteiger partial charge in [0.05, 0.1) is 0 Å². The van der Waals surface area contributed by atoms with Gasteiger partial charge in [-0.1, -0.05) is 26.8 Å². The van der Waals surface area contributed by atoms with Crippen LogP contribution in [0.3, 0.4) is 0 Å². The van der Waals surface area contributed by atoms with E-state index in [-0.39, 0.29) is 23.4 Å². The van der Waals surface area contributed by atoms with Crippen LogP contribution in [0.15, 0.2) is 18.3 Å². The summed E-state index contributed by atoms with van der Waals surface area (Å²) in [5.41, 5.74) is 1.33. The van der Waals surface area contributed by atoms with Gasteiger partial charge in [-0.25, -0.2) is 0 Å². The topological polar surface area (TPSA) is 88.2 Å². The Morgan fingerprint density at radius 3 is 2.68 bits per heavy atom. The van der Waals surface area contributed by atoms with Gasteiger partial charge in [0, 0.05) is 12.6 Å². The summed E-state index contributed by atoms with van der Waals surface area (Å²) in [5.74, 6) is -1.18. The molecule has 0 saturated carbocycles. The highest BCUT2D eigenvalue weighted by atomic mass is 16.2. The molecule has 0 aliphatic carbocycles. The standard InChI is InChI=1S/C16H21N3O3/c1-4-16(2,3)10-5-6-11(17-9-10)14(21)18-12-7-8-13(20)19-15(12)22/h5-6,9,12H,4,7-8H2,1-3H3,(H,18,21)(H,19,20,22). The first-order valence-corrected chi connectivity index (χ1v) is 7.44. The maximum absolute atomic E-state index is 12.1. The quantitative estimate of drug-likeness (QED) is 0.821. The van der Waals surface area contributed by atoms with E-state index in [1.54, 1.807) is 12.3 Å². The van der Waals surface area contributed by atoms with Gasteiger partial charge >= 0.3 is 0 Å². The van der Waals surface area contributed by atoms with Crippen LogP contribution in [0.1, 0.15) is 56.1 Å². The molecule has 0 radical (unpaired) electrons. The monoisotopic (exact) mass is 303 g/mol. The Hall–Kier alpha value is -2.24. The summed E-state index contributed by atoms with van der Waals surface area (Å²) in [5, 5.41) is 4.82. The second-order valence-corrected chi connectivity index (χ2v) is 6.15. The van der Waals surface area contributed by atoms with Crippen LogP contribution in [0, 0.1) is 0 Å². The smallest absolute Gasteiger partial charge is 0.270 e. The minimum atomic E-state index is -0.682.